The molecule has 5 heteroatoms. The molecule has 0 fully saturated rings. The first-order valence-electron chi connectivity index (χ1n) is 9.37. The first-order valence-corrected chi connectivity index (χ1v) is 9.37. The lowest BCUT2D eigenvalue weighted by Gasteiger charge is -2.16. The van der Waals surface area contributed by atoms with Crippen LogP contribution in [0, 0.1) is 13.8 Å². The maximum Gasteiger partial charge on any atom is 0.260 e. The Morgan fingerprint density at radius 1 is 1.07 bits per heavy atom. The standard InChI is InChI=1S/C23H23N3O2/c1-12(11-24)15-7-9-16(10-8-15)19-13(2)25-14(3)22-21(19)17-5-4-6-18(27)20(17)23(28)26-22/h4-10,12,27H,11,24H2,1-3H3,(H,26,28)/t12-/m0/s1. The second-order valence-electron chi connectivity index (χ2n) is 7.32. The number of nitrogens with one attached hydrogen (secondary N) is 1. The molecule has 28 heavy (non-hydrogen) atoms. The van der Waals surface area contributed by atoms with E-state index >= 15 is 0 Å². The Labute approximate surface area is 162 Å². The van der Waals surface area contributed by atoms with Gasteiger partial charge in [0, 0.05) is 22.0 Å². The molecule has 4 rings (SSSR count). The predicted octanol–water partition coefficient (Wildman–Crippen LogP) is 4.13. The molecule has 0 spiro atoms. The van der Waals surface area contributed by atoms with E-state index in [0.29, 0.717) is 17.4 Å². The quantitative estimate of drug-likeness (QED) is 0.471. The van der Waals surface area contributed by atoms with E-state index in [1.165, 1.54) is 11.6 Å². The van der Waals surface area contributed by atoms with Crippen molar-refractivity contribution >= 4 is 21.7 Å². The Kier molecular flexibility index (Phi) is 4.40. The van der Waals surface area contributed by atoms with Gasteiger partial charge in [-0.25, -0.2) is 0 Å². The number of aromatic nitrogens is 2. The molecule has 1 atom stereocenters. The average Bonchev–Trinajstić information content (AvgIpc) is 2.68. The number of aromatic amines is 1. The molecule has 0 unspecified atom stereocenters. The predicted molar refractivity (Wildman–Crippen MR) is 114 cm³/mol. The van der Waals surface area contributed by atoms with Gasteiger partial charge in [0.05, 0.1) is 16.6 Å². The minimum absolute atomic E-state index is 0.0224. The van der Waals surface area contributed by atoms with Gasteiger partial charge in [-0.15, -0.1) is 0 Å². The van der Waals surface area contributed by atoms with Crippen LogP contribution in [0.2, 0.25) is 0 Å². The van der Waals surface area contributed by atoms with Crippen molar-refractivity contribution in [2.45, 2.75) is 26.7 Å². The van der Waals surface area contributed by atoms with Crippen molar-refractivity contribution in [1.82, 2.24) is 9.97 Å². The number of pyridine rings is 2. The summed E-state index contributed by atoms with van der Waals surface area (Å²) < 4.78 is 0. The van der Waals surface area contributed by atoms with Crippen molar-refractivity contribution < 1.29 is 5.11 Å². The normalized spacial score (nSPS) is 12.6. The molecule has 0 radical (unpaired) electrons. The molecule has 0 saturated heterocycles. The van der Waals surface area contributed by atoms with Crippen molar-refractivity contribution in [3.05, 3.63) is 69.8 Å². The highest BCUT2D eigenvalue weighted by Crippen LogP contribution is 2.37. The van der Waals surface area contributed by atoms with Crippen LogP contribution in [0.25, 0.3) is 32.8 Å². The number of phenols is 1. The molecule has 0 bridgehead atoms. The molecular weight excluding hydrogens is 350 g/mol. The summed E-state index contributed by atoms with van der Waals surface area (Å²) in [7, 11) is 0. The van der Waals surface area contributed by atoms with Gasteiger partial charge in [0.2, 0.25) is 0 Å². The van der Waals surface area contributed by atoms with Crippen LogP contribution in [0.15, 0.2) is 47.3 Å². The van der Waals surface area contributed by atoms with Crippen molar-refractivity contribution in [3.8, 4) is 16.9 Å². The average molecular weight is 373 g/mol. The summed E-state index contributed by atoms with van der Waals surface area (Å²) in [5, 5.41) is 12.2. The van der Waals surface area contributed by atoms with E-state index in [2.05, 4.69) is 41.2 Å². The number of H-pyrrole nitrogens is 1. The second kappa shape index (κ2) is 6.77. The summed E-state index contributed by atoms with van der Waals surface area (Å²) in [6.45, 7) is 6.55. The molecule has 0 amide bonds. The van der Waals surface area contributed by atoms with Gasteiger partial charge in [0.1, 0.15) is 5.75 Å². The van der Waals surface area contributed by atoms with Crippen LogP contribution in [0.1, 0.15) is 29.8 Å². The number of nitrogens with two attached hydrogens (primary N) is 1. The monoisotopic (exact) mass is 373 g/mol. The van der Waals surface area contributed by atoms with Gasteiger partial charge >= 0.3 is 0 Å². The van der Waals surface area contributed by atoms with Gasteiger partial charge in [-0.1, -0.05) is 43.3 Å². The zero-order valence-electron chi connectivity index (χ0n) is 16.2. The minimum Gasteiger partial charge on any atom is -0.507 e. The molecule has 142 valence electrons. The number of fused-ring (bicyclic) bond motifs is 3. The molecule has 0 aliphatic carbocycles. The first-order chi connectivity index (χ1) is 13.4. The number of hydrogen-bond acceptors (Lipinski definition) is 4. The zero-order valence-corrected chi connectivity index (χ0v) is 16.2. The fourth-order valence-electron chi connectivity index (χ4n) is 3.90. The number of benzene rings is 2. The molecular formula is C23H23N3O2. The van der Waals surface area contributed by atoms with Crippen LogP contribution in [0.3, 0.4) is 0 Å². The molecule has 0 aliphatic rings. The highest BCUT2D eigenvalue weighted by atomic mass is 16.3. The number of aromatic hydroxyl groups is 1. The van der Waals surface area contributed by atoms with Crippen LogP contribution >= 0.6 is 0 Å². The summed E-state index contributed by atoms with van der Waals surface area (Å²) >= 11 is 0. The highest BCUT2D eigenvalue weighted by Gasteiger charge is 2.18. The van der Waals surface area contributed by atoms with Crippen LogP contribution in [-0.4, -0.2) is 21.6 Å². The first kappa shape index (κ1) is 18.2. The lowest BCUT2D eigenvalue weighted by Crippen LogP contribution is -2.10. The third-order valence-electron chi connectivity index (χ3n) is 5.46. The Bertz CT molecular complexity index is 1260. The van der Waals surface area contributed by atoms with Gasteiger partial charge in [0.25, 0.3) is 5.56 Å². The Morgan fingerprint density at radius 2 is 1.79 bits per heavy atom. The Morgan fingerprint density at radius 3 is 2.46 bits per heavy atom. The lowest BCUT2D eigenvalue weighted by molar-refractivity contribution is 0.481. The van der Waals surface area contributed by atoms with E-state index in [4.69, 9.17) is 5.73 Å². The maximum absolute atomic E-state index is 12.6. The van der Waals surface area contributed by atoms with E-state index in [0.717, 1.165) is 33.3 Å². The highest BCUT2D eigenvalue weighted by molar-refractivity contribution is 6.14. The second-order valence-corrected chi connectivity index (χ2v) is 7.32. The molecule has 2 heterocycles. The number of nitrogens with zero attached hydrogens (tertiary/aromatic N) is 1. The molecule has 0 aliphatic heterocycles. The smallest absolute Gasteiger partial charge is 0.260 e. The van der Waals surface area contributed by atoms with E-state index in [1.54, 1.807) is 6.07 Å². The summed E-state index contributed by atoms with van der Waals surface area (Å²) in [5.74, 6) is 0.267. The Balaban J connectivity index is 2.12. The van der Waals surface area contributed by atoms with Crippen LogP contribution in [-0.2, 0) is 0 Å². The molecule has 0 saturated carbocycles. The largest absolute Gasteiger partial charge is 0.507 e. The van der Waals surface area contributed by atoms with Gasteiger partial charge in [-0.3, -0.25) is 9.78 Å². The van der Waals surface area contributed by atoms with Crippen molar-refractivity contribution in [1.29, 1.82) is 0 Å². The summed E-state index contributed by atoms with van der Waals surface area (Å²) in [6.07, 6.45) is 0. The minimum atomic E-state index is -0.313. The van der Waals surface area contributed by atoms with Crippen molar-refractivity contribution in [2.75, 3.05) is 6.54 Å². The molecule has 4 N–H and O–H groups in total. The molecule has 2 aromatic carbocycles. The Hall–Kier alpha value is -3.18. The topological polar surface area (TPSA) is 92.0 Å². The van der Waals surface area contributed by atoms with E-state index < -0.39 is 0 Å². The van der Waals surface area contributed by atoms with Crippen LogP contribution < -0.4 is 11.3 Å². The fraction of sp³-hybridized carbons (Fsp3) is 0.217. The third kappa shape index (κ3) is 2.75. The SMILES string of the molecule is Cc1nc(C)c2[nH]c(=O)c3c(O)cccc3c2c1-c1ccc([C@@H](C)CN)cc1. The van der Waals surface area contributed by atoms with Crippen molar-refractivity contribution in [3.63, 3.8) is 0 Å². The molecule has 5 nitrogen and oxygen atoms in total. The number of aryl methyl sites for hydroxylation is 2. The van der Waals surface area contributed by atoms with Gasteiger partial charge < -0.3 is 15.8 Å². The molecule has 4 aromatic rings. The van der Waals surface area contributed by atoms with E-state index in [-0.39, 0.29) is 17.2 Å². The maximum atomic E-state index is 12.6. The fourth-order valence-corrected chi connectivity index (χ4v) is 3.90. The van der Waals surface area contributed by atoms with Crippen LogP contribution in [0.4, 0.5) is 0 Å². The number of phenolic OH excluding ortho intramolecular Hbond substituents is 1. The van der Waals surface area contributed by atoms with Crippen LogP contribution in [0.5, 0.6) is 5.75 Å². The van der Waals surface area contributed by atoms with E-state index in [9.17, 15) is 9.90 Å². The van der Waals surface area contributed by atoms with E-state index in [1.807, 2.05) is 19.9 Å². The summed E-state index contributed by atoms with van der Waals surface area (Å²) in [4.78, 5) is 20.2. The lowest BCUT2D eigenvalue weighted by atomic mass is 9.92. The summed E-state index contributed by atoms with van der Waals surface area (Å²) in [5.41, 5.74) is 11.0. The third-order valence-corrected chi connectivity index (χ3v) is 5.46. The number of hydrogen-bond donors (Lipinski definition) is 3. The van der Waals surface area contributed by atoms with Gasteiger partial charge in [-0.2, -0.15) is 0 Å². The van der Waals surface area contributed by atoms with Gasteiger partial charge in [0.15, 0.2) is 0 Å². The number of rotatable bonds is 3. The zero-order chi connectivity index (χ0) is 20.0. The molecule has 2 aromatic heterocycles. The van der Waals surface area contributed by atoms with Crippen molar-refractivity contribution in [2.24, 2.45) is 5.73 Å². The summed E-state index contributed by atoms with van der Waals surface area (Å²) in [6, 6.07) is 13.5. The van der Waals surface area contributed by atoms with Gasteiger partial charge in [-0.05, 0) is 43.5 Å².